The number of ether oxygens (including phenoxy) is 1. The van der Waals surface area contributed by atoms with Crippen LogP contribution >= 0.6 is 11.8 Å². The number of benzene rings is 1. The van der Waals surface area contributed by atoms with Gasteiger partial charge in [-0.15, -0.1) is 23.4 Å². The van der Waals surface area contributed by atoms with E-state index in [1.54, 1.807) is 39.2 Å². The second-order valence-electron chi connectivity index (χ2n) is 10.5. The Balaban J connectivity index is 1.46. The zero-order valence-corrected chi connectivity index (χ0v) is 23.2. The molecule has 1 spiro atoms. The first kappa shape index (κ1) is 27.6. The van der Waals surface area contributed by atoms with Crippen LogP contribution in [-0.2, 0) is 25.8 Å². The van der Waals surface area contributed by atoms with Gasteiger partial charge in [-0.05, 0) is 44.7 Å². The predicted octanol–water partition coefficient (Wildman–Crippen LogP) is 2.61. The number of aromatic nitrogens is 3. The van der Waals surface area contributed by atoms with Crippen molar-refractivity contribution in [3.05, 3.63) is 36.9 Å². The van der Waals surface area contributed by atoms with E-state index in [2.05, 4.69) is 16.9 Å². The summed E-state index contributed by atoms with van der Waals surface area (Å²) in [5.74, 6) is -1.70. The third kappa shape index (κ3) is 4.84. The van der Waals surface area contributed by atoms with Crippen molar-refractivity contribution in [2.75, 3.05) is 26.3 Å². The summed E-state index contributed by atoms with van der Waals surface area (Å²) < 4.78 is 6.45. The van der Waals surface area contributed by atoms with Crippen LogP contribution in [0.2, 0.25) is 0 Å². The number of aliphatic hydroxyl groups excluding tert-OH is 1. The minimum Gasteiger partial charge on any atom is -0.466 e. The summed E-state index contributed by atoms with van der Waals surface area (Å²) in [6.07, 6.45) is 6.32. The molecular formula is C28H37N5O5S. The number of fused-ring (bicyclic) bond motifs is 2. The summed E-state index contributed by atoms with van der Waals surface area (Å²) >= 11 is 1.64. The zero-order chi connectivity index (χ0) is 27.6. The van der Waals surface area contributed by atoms with Gasteiger partial charge in [-0.25, -0.2) is 4.68 Å². The van der Waals surface area contributed by atoms with Crippen LogP contribution in [0, 0.1) is 11.8 Å². The van der Waals surface area contributed by atoms with Crippen molar-refractivity contribution in [2.45, 2.75) is 68.2 Å². The predicted molar refractivity (Wildman–Crippen MR) is 147 cm³/mol. The highest BCUT2D eigenvalue weighted by molar-refractivity contribution is 8.02. The molecule has 10 nitrogen and oxygen atoms in total. The van der Waals surface area contributed by atoms with E-state index in [-0.39, 0.29) is 49.5 Å². The van der Waals surface area contributed by atoms with Crippen LogP contribution in [0.15, 0.2) is 36.9 Å². The number of hydrogen-bond donors (Lipinski definition) is 1. The summed E-state index contributed by atoms with van der Waals surface area (Å²) in [5.41, 5.74) is 1.56. The van der Waals surface area contributed by atoms with Gasteiger partial charge in [-0.3, -0.25) is 14.4 Å². The molecule has 3 aliphatic heterocycles. The largest absolute Gasteiger partial charge is 0.466 e. The molecule has 2 unspecified atom stereocenters. The van der Waals surface area contributed by atoms with E-state index in [1.807, 2.05) is 24.3 Å². The van der Waals surface area contributed by atoms with Crippen LogP contribution in [0.3, 0.4) is 0 Å². The Morgan fingerprint density at radius 2 is 2.08 bits per heavy atom. The highest BCUT2D eigenvalue weighted by Crippen LogP contribution is 2.66. The molecule has 210 valence electrons. The van der Waals surface area contributed by atoms with Gasteiger partial charge in [-0.2, -0.15) is 0 Å². The SMILES string of the molecule is C=CCN(Cn1nnc2ccccc21)C(=O)C1N(CCCCCCO)C(=O)[C@@H]2[C@@H](C(=O)OCC)[C@H]3CCC12S3. The molecule has 5 rings (SSSR count). The third-order valence-electron chi connectivity index (χ3n) is 8.29. The number of amides is 2. The lowest BCUT2D eigenvalue weighted by molar-refractivity contribution is -0.153. The molecule has 3 fully saturated rings. The van der Waals surface area contributed by atoms with Gasteiger partial charge in [0.1, 0.15) is 18.2 Å². The summed E-state index contributed by atoms with van der Waals surface area (Å²) in [7, 11) is 0. The zero-order valence-electron chi connectivity index (χ0n) is 22.4. The van der Waals surface area contributed by atoms with Gasteiger partial charge in [0.15, 0.2) is 0 Å². The van der Waals surface area contributed by atoms with Crippen molar-refractivity contribution in [3.8, 4) is 0 Å². The standard InChI is InChI=1S/C28H37N5O5S/c1-3-15-31(18-33-20-12-8-7-11-19(20)29-30-33)26(36)24-28-14-13-21(39-28)22(27(37)38-4-2)23(28)25(35)32(24)16-9-5-6-10-17-34/h3,7-8,11-12,21-24,34H,1,4-6,9-10,13-18H2,2H3/t21-,22+,23+,24?,28?/m1/s1. The molecule has 5 atom stereocenters. The minimum atomic E-state index is -0.683. The van der Waals surface area contributed by atoms with E-state index >= 15 is 0 Å². The molecule has 11 heteroatoms. The summed E-state index contributed by atoms with van der Waals surface area (Å²) in [5, 5.41) is 17.6. The normalized spacial score (nSPS) is 27.2. The van der Waals surface area contributed by atoms with Crippen LogP contribution in [-0.4, -0.2) is 90.0 Å². The highest BCUT2D eigenvalue weighted by Gasteiger charge is 2.74. The van der Waals surface area contributed by atoms with Gasteiger partial charge in [0.05, 0.1) is 28.7 Å². The summed E-state index contributed by atoms with van der Waals surface area (Å²) in [4.78, 5) is 45.0. The average Bonchev–Trinajstić information content (AvgIpc) is 3.68. The first-order chi connectivity index (χ1) is 19.0. The molecule has 3 saturated heterocycles. The summed E-state index contributed by atoms with van der Waals surface area (Å²) in [6, 6.07) is 6.90. The number of carbonyl (C=O) groups is 3. The van der Waals surface area contributed by atoms with Gasteiger partial charge in [0.2, 0.25) is 11.8 Å². The lowest BCUT2D eigenvalue weighted by Gasteiger charge is -2.37. The third-order valence-corrected chi connectivity index (χ3v) is 10.2. The Labute approximate surface area is 232 Å². The fourth-order valence-corrected chi connectivity index (χ4v) is 8.86. The van der Waals surface area contributed by atoms with Crippen molar-refractivity contribution in [1.82, 2.24) is 24.8 Å². The summed E-state index contributed by atoms with van der Waals surface area (Å²) in [6.45, 7) is 6.96. The molecular weight excluding hydrogens is 518 g/mol. The van der Waals surface area contributed by atoms with Crippen LogP contribution < -0.4 is 0 Å². The average molecular weight is 556 g/mol. The molecule has 2 aromatic rings. The number of thioether (sulfide) groups is 1. The number of aliphatic hydroxyl groups is 1. The van der Waals surface area contributed by atoms with Crippen LogP contribution in [0.4, 0.5) is 0 Å². The van der Waals surface area contributed by atoms with E-state index in [4.69, 9.17) is 9.84 Å². The van der Waals surface area contributed by atoms with E-state index in [0.29, 0.717) is 19.4 Å². The molecule has 3 aliphatic rings. The van der Waals surface area contributed by atoms with Crippen LogP contribution in [0.25, 0.3) is 11.0 Å². The topological polar surface area (TPSA) is 118 Å². The minimum absolute atomic E-state index is 0.0212. The maximum atomic E-state index is 14.5. The monoisotopic (exact) mass is 555 g/mol. The Hall–Kier alpha value is -2.92. The van der Waals surface area contributed by atoms with Crippen molar-refractivity contribution in [2.24, 2.45) is 11.8 Å². The molecule has 0 aliphatic carbocycles. The van der Waals surface area contributed by atoms with Crippen LogP contribution in [0.1, 0.15) is 45.4 Å². The second-order valence-corrected chi connectivity index (χ2v) is 12.1. The van der Waals surface area contributed by atoms with Crippen molar-refractivity contribution in [3.63, 3.8) is 0 Å². The maximum Gasteiger partial charge on any atom is 0.310 e. The Morgan fingerprint density at radius 3 is 2.85 bits per heavy atom. The first-order valence-corrected chi connectivity index (χ1v) is 14.8. The number of esters is 1. The highest BCUT2D eigenvalue weighted by atomic mass is 32.2. The number of para-hydroxylation sites is 1. The fourth-order valence-electron chi connectivity index (χ4n) is 6.66. The lowest BCUT2D eigenvalue weighted by Crippen LogP contribution is -2.55. The first-order valence-electron chi connectivity index (χ1n) is 13.9. The molecule has 1 aromatic heterocycles. The smallest absolute Gasteiger partial charge is 0.310 e. The quantitative estimate of drug-likeness (QED) is 0.228. The number of hydrogen-bond acceptors (Lipinski definition) is 8. The molecule has 2 bridgehead atoms. The molecule has 2 amide bonds. The fraction of sp³-hybridized carbons (Fsp3) is 0.607. The molecule has 4 heterocycles. The van der Waals surface area contributed by atoms with E-state index in [9.17, 15) is 14.4 Å². The Kier molecular flexibility index (Phi) is 8.27. The van der Waals surface area contributed by atoms with Gasteiger partial charge >= 0.3 is 5.97 Å². The van der Waals surface area contributed by atoms with Gasteiger partial charge in [0, 0.05) is 24.9 Å². The second kappa shape index (κ2) is 11.7. The van der Waals surface area contributed by atoms with Crippen LogP contribution in [0.5, 0.6) is 0 Å². The molecule has 39 heavy (non-hydrogen) atoms. The number of rotatable bonds is 13. The van der Waals surface area contributed by atoms with E-state index in [0.717, 1.165) is 36.7 Å². The Morgan fingerprint density at radius 1 is 1.28 bits per heavy atom. The number of nitrogens with zero attached hydrogens (tertiary/aromatic N) is 5. The molecule has 1 aromatic carbocycles. The number of unbranched alkanes of at least 4 members (excludes halogenated alkanes) is 3. The van der Waals surface area contributed by atoms with Crippen molar-refractivity contribution in [1.29, 1.82) is 0 Å². The number of carbonyl (C=O) groups excluding carboxylic acids is 3. The number of likely N-dealkylation sites (tertiary alicyclic amines) is 1. The van der Waals surface area contributed by atoms with Crippen molar-refractivity contribution >= 4 is 40.6 Å². The molecule has 0 radical (unpaired) electrons. The molecule has 0 saturated carbocycles. The van der Waals surface area contributed by atoms with Gasteiger partial charge in [-0.1, -0.05) is 36.3 Å². The molecule has 1 N–H and O–H groups in total. The van der Waals surface area contributed by atoms with Crippen molar-refractivity contribution < 1.29 is 24.2 Å². The van der Waals surface area contributed by atoms with E-state index < -0.39 is 22.6 Å². The van der Waals surface area contributed by atoms with Gasteiger partial charge < -0.3 is 19.6 Å². The maximum absolute atomic E-state index is 14.5. The van der Waals surface area contributed by atoms with Gasteiger partial charge in [0.25, 0.3) is 0 Å². The lowest BCUT2D eigenvalue weighted by atomic mass is 9.71. The van der Waals surface area contributed by atoms with E-state index in [1.165, 1.54) is 0 Å². The Bertz CT molecular complexity index is 1240.